The van der Waals surface area contributed by atoms with Crippen LogP contribution < -0.4 is 20.3 Å². The first kappa shape index (κ1) is 22.0. The van der Waals surface area contributed by atoms with Crippen LogP contribution in [0.1, 0.15) is 42.6 Å². The average Bonchev–Trinajstić information content (AvgIpc) is 3.24. The van der Waals surface area contributed by atoms with Crippen molar-refractivity contribution in [3.05, 3.63) is 83.8 Å². The average molecular weight is 422 g/mol. The van der Waals surface area contributed by atoms with E-state index in [0.717, 1.165) is 5.56 Å². The maximum atomic E-state index is 12.2. The number of hydrazine groups is 1. The highest BCUT2D eigenvalue weighted by Gasteiger charge is 2.19. The molecule has 0 aliphatic heterocycles. The fourth-order valence-corrected chi connectivity index (χ4v) is 2.83. The maximum Gasteiger partial charge on any atom is 0.305 e. The Morgan fingerprint density at radius 1 is 0.871 bits per heavy atom. The van der Waals surface area contributed by atoms with Gasteiger partial charge in [0.05, 0.1) is 0 Å². The first-order chi connectivity index (χ1) is 14.8. The van der Waals surface area contributed by atoms with Crippen molar-refractivity contribution >= 4 is 11.8 Å². The Bertz CT molecular complexity index is 1020. The molecule has 2 aromatic carbocycles. The van der Waals surface area contributed by atoms with Gasteiger partial charge in [0.25, 0.3) is 5.91 Å². The van der Waals surface area contributed by atoms with Crippen molar-refractivity contribution in [1.82, 2.24) is 10.9 Å². The van der Waals surface area contributed by atoms with Gasteiger partial charge in [-0.25, -0.2) is 0 Å². The third kappa shape index (κ3) is 6.37. The number of para-hydroxylation sites is 2. The van der Waals surface area contributed by atoms with Gasteiger partial charge in [-0.05, 0) is 41.3 Å². The van der Waals surface area contributed by atoms with Crippen LogP contribution >= 0.6 is 0 Å². The number of amides is 2. The summed E-state index contributed by atoms with van der Waals surface area (Å²) in [4.78, 5) is 24.3. The van der Waals surface area contributed by atoms with Crippen LogP contribution in [0, 0.1) is 0 Å². The van der Waals surface area contributed by atoms with Crippen LogP contribution in [0.3, 0.4) is 0 Å². The van der Waals surface area contributed by atoms with Crippen molar-refractivity contribution in [2.45, 2.75) is 32.8 Å². The van der Waals surface area contributed by atoms with E-state index in [9.17, 15) is 9.59 Å². The molecule has 3 rings (SSSR count). The van der Waals surface area contributed by atoms with E-state index < -0.39 is 11.8 Å². The number of hydrogen-bond donors (Lipinski definition) is 2. The van der Waals surface area contributed by atoms with Crippen LogP contribution in [-0.2, 0) is 16.8 Å². The van der Waals surface area contributed by atoms with Gasteiger partial charge in [0.15, 0.2) is 12.4 Å². The number of rotatable bonds is 7. The van der Waals surface area contributed by atoms with E-state index in [-0.39, 0.29) is 24.4 Å². The molecule has 0 spiro atoms. The molecule has 7 nitrogen and oxygen atoms in total. The molecule has 0 aliphatic carbocycles. The third-order valence-corrected chi connectivity index (χ3v) is 4.38. The highest BCUT2D eigenvalue weighted by Crippen LogP contribution is 2.30. The number of carbonyl (C=O) groups excluding carboxylic acids is 2. The van der Waals surface area contributed by atoms with Crippen molar-refractivity contribution in [2.24, 2.45) is 0 Å². The van der Waals surface area contributed by atoms with Crippen molar-refractivity contribution in [3.8, 4) is 11.5 Å². The molecule has 2 amide bonds. The van der Waals surface area contributed by atoms with Gasteiger partial charge in [0.1, 0.15) is 23.9 Å². The molecule has 162 valence electrons. The van der Waals surface area contributed by atoms with Gasteiger partial charge in [0.2, 0.25) is 0 Å². The molecule has 0 saturated carbocycles. The Balaban J connectivity index is 1.46. The van der Waals surface area contributed by atoms with E-state index in [1.807, 2.05) is 54.6 Å². The molecule has 1 aromatic heterocycles. The number of benzene rings is 2. The van der Waals surface area contributed by atoms with Gasteiger partial charge in [-0.2, -0.15) is 0 Å². The van der Waals surface area contributed by atoms with Gasteiger partial charge in [0, 0.05) is 0 Å². The number of ether oxygens (including phenoxy) is 2. The van der Waals surface area contributed by atoms with Gasteiger partial charge in [-0.15, -0.1) is 0 Å². The van der Waals surface area contributed by atoms with Gasteiger partial charge >= 0.3 is 5.91 Å². The van der Waals surface area contributed by atoms with Crippen molar-refractivity contribution in [3.63, 3.8) is 0 Å². The summed E-state index contributed by atoms with van der Waals surface area (Å²) in [5.74, 6) is 0.815. The summed E-state index contributed by atoms with van der Waals surface area (Å²) in [5.41, 5.74) is 5.51. The number of nitrogens with one attached hydrogen (secondary N) is 2. The zero-order valence-electron chi connectivity index (χ0n) is 17.8. The molecular formula is C24H26N2O5. The first-order valence-electron chi connectivity index (χ1n) is 9.91. The first-order valence-corrected chi connectivity index (χ1v) is 9.91. The summed E-state index contributed by atoms with van der Waals surface area (Å²) in [5, 5.41) is 0. The normalized spacial score (nSPS) is 10.9. The summed E-state index contributed by atoms with van der Waals surface area (Å²) in [6.07, 6.45) is 0. The lowest BCUT2D eigenvalue weighted by Gasteiger charge is -2.22. The molecule has 2 N–H and O–H groups in total. The van der Waals surface area contributed by atoms with Crippen LogP contribution in [-0.4, -0.2) is 18.4 Å². The molecule has 0 fully saturated rings. The summed E-state index contributed by atoms with van der Waals surface area (Å²) >= 11 is 0. The Morgan fingerprint density at radius 3 is 2.32 bits per heavy atom. The lowest BCUT2D eigenvalue weighted by atomic mass is 9.86. The molecule has 0 unspecified atom stereocenters. The maximum absolute atomic E-state index is 12.2. The van der Waals surface area contributed by atoms with Gasteiger partial charge in [-0.3, -0.25) is 20.4 Å². The SMILES string of the molecule is CC(C)(C)c1ccccc1OCC(=O)NNC(=O)c1ccc(COc2ccccc2)o1. The largest absolute Gasteiger partial charge is 0.486 e. The molecule has 0 saturated heterocycles. The van der Waals surface area contributed by atoms with E-state index in [1.165, 1.54) is 6.07 Å². The summed E-state index contributed by atoms with van der Waals surface area (Å²) in [6.45, 7) is 6.15. The van der Waals surface area contributed by atoms with Crippen molar-refractivity contribution < 1.29 is 23.5 Å². The van der Waals surface area contributed by atoms with E-state index in [1.54, 1.807) is 6.07 Å². The second-order valence-electron chi connectivity index (χ2n) is 7.90. The number of carbonyl (C=O) groups is 2. The minimum Gasteiger partial charge on any atom is -0.486 e. The molecule has 0 radical (unpaired) electrons. The Kier molecular flexibility index (Phi) is 6.97. The summed E-state index contributed by atoms with van der Waals surface area (Å²) in [7, 11) is 0. The second-order valence-corrected chi connectivity index (χ2v) is 7.90. The van der Waals surface area contributed by atoms with Crippen molar-refractivity contribution in [1.29, 1.82) is 0 Å². The van der Waals surface area contributed by atoms with E-state index >= 15 is 0 Å². The lowest BCUT2D eigenvalue weighted by Crippen LogP contribution is -2.43. The highest BCUT2D eigenvalue weighted by atomic mass is 16.5. The summed E-state index contributed by atoms with van der Waals surface area (Å²) in [6, 6.07) is 20.0. The topological polar surface area (TPSA) is 89.8 Å². The lowest BCUT2D eigenvalue weighted by molar-refractivity contribution is -0.123. The fourth-order valence-electron chi connectivity index (χ4n) is 2.83. The van der Waals surface area contributed by atoms with Gasteiger partial charge < -0.3 is 13.9 Å². The number of hydrogen-bond acceptors (Lipinski definition) is 5. The Hall–Kier alpha value is -3.74. The fraction of sp³-hybridized carbons (Fsp3) is 0.250. The van der Waals surface area contributed by atoms with Gasteiger partial charge in [-0.1, -0.05) is 57.2 Å². The smallest absolute Gasteiger partial charge is 0.305 e. The molecular weight excluding hydrogens is 396 g/mol. The molecule has 7 heteroatoms. The predicted molar refractivity (Wildman–Crippen MR) is 116 cm³/mol. The highest BCUT2D eigenvalue weighted by molar-refractivity contribution is 5.93. The molecule has 31 heavy (non-hydrogen) atoms. The van der Waals surface area contributed by atoms with Crippen LogP contribution in [0.5, 0.6) is 11.5 Å². The molecule has 0 bridgehead atoms. The standard InChI is InChI=1S/C24H26N2O5/c1-24(2,3)19-11-7-8-12-20(19)30-16-22(27)25-26-23(28)21-14-13-18(31-21)15-29-17-9-5-4-6-10-17/h4-14H,15-16H2,1-3H3,(H,25,27)(H,26,28). The molecule has 0 aliphatic rings. The minimum absolute atomic E-state index is 0.0611. The molecule has 0 atom stereocenters. The van der Waals surface area contributed by atoms with E-state index in [2.05, 4.69) is 31.6 Å². The Morgan fingerprint density at radius 2 is 1.58 bits per heavy atom. The summed E-state index contributed by atoms with van der Waals surface area (Å²) < 4.78 is 16.7. The molecule has 1 heterocycles. The van der Waals surface area contributed by atoms with Crippen LogP contribution in [0.4, 0.5) is 0 Å². The Labute approximate surface area is 181 Å². The predicted octanol–water partition coefficient (Wildman–Crippen LogP) is 4.00. The zero-order valence-corrected chi connectivity index (χ0v) is 17.8. The molecule has 3 aromatic rings. The zero-order chi connectivity index (χ0) is 22.3. The second kappa shape index (κ2) is 9.84. The quantitative estimate of drug-likeness (QED) is 0.562. The van der Waals surface area contributed by atoms with E-state index in [0.29, 0.717) is 17.3 Å². The van der Waals surface area contributed by atoms with Crippen LogP contribution in [0.15, 0.2) is 71.1 Å². The minimum atomic E-state index is -0.575. The third-order valence-electron chi connectivity index (χ3n) is 4.38. The van der Waals surface area contributed by atoms with E-state index in [4.69, 9.17) is 13.9 Å². The number of furan rings is 1. The van der Waals surface area contributed by atoms with Crippen LogP contribution in [0.2, 0.25) is 0 Å². The van der Waals surface area contributed by atoms with Crippen molar-refractivity contribution in [2.75, 3.05) is 6.61 Å². The van der Waals surface area contributed by atoms with Crippen LogP contribution in [0.25, 0.3) is 0 Å². The monoisotopic (exact) mass is 422 g/mol.